The van der Waals surface area contributed by atoms with Gasteiger partial charge in [0.05, 0.1) is 0 Å². The molecule has 2 aromatic rings. The summed E-state index contributed by atoms with van der Waals surface area (Å²) in [5.74, 6) is -0.894. The molecule has 3 N–H and O–H groups in total. The molecule has 0 spiro atoms. The Labute approximate surface area is 181 Å². The van der Waals surface area contributed by atoms with Crippen molar-refractivity contribution in [3.8, 4) is 0 Å². The standard InChI is InChI=1S/C22H27ClN4O3/c1-3-15(2)20(27-21(29)17-4-6-18(23)7-5-17)22(30)25-13-10-19(28)26-14-16-8-11-24-12-9-16/h4-9,11-12,15,20H,3,10,13-14H2,1-2H3,(H,25,30)(H,26,28)(H,27,29). The molecule has 7 nitrogen and oxygen atoms in total. The summed E-state index contributed by atoms with van der Waals surface area (Å²) in [5.41, 5.74) is 1.38. The van der Waals surface area contributed by atoms with Gasteiger partial charge in [0, 0.05) is 42.5 Å². The van der Waals surface area contributed by atoms with E-state index in [0.29, 0.717) is 23.6 Å². The largest absolute Gasteiger partial charge is 0.354 e. The van der Waals surface area contributed by atoms with Crippen molar-refractivity contribution in [2.24, 2.45) is 5.92 Å². The second-order valence-electron chi connectivity index (χ2n) is 7.02. The van der Waals surface area contributed by atoms with Gasteiger partial charge in [-0.2, -0.15) is 0 Å². The molecule has 3 amide bonds. The molecule has 0 aliphatic carbocycles. The number of carbonyl (C=O) groups excluding carboxylic acids is 3. The summed E-state index contributed by atoms with van der Waals surface area (Å²) in [7, 11) is 0. The molecule has 0 saturated carbocycles. The second-order valence-corrected chi connectivity index (χ2v) is 7.45. The number of rotatable bonds is 10. The Balaban J connectivity index is 1.83. The highest BCUT2D eigenvalue weighted by Gasteiger charge is 2.26. The number of benzene rings is 1. The summed E-state index contributed by atoms with van der Waals surface area (Å²) in [4.78, 5) is 41.0. The molecule has 0 bridgehead atoms. The highest BCUT2D eigenvalue weighted by molar-refractivity contribution is 6.30. The Kier molecular flexibility index (Phi) is 9.28. The van der Waals surface area contributed by atoms with Gasteiger partial charge in [-0.15, -0.1) is 0 Å². The van der Waals surface area contributed by atoms with Gasteiger partial charge in [-0.3, -0.25) is 19.4 Å². The molecule has 8 heteroatoms. The van der Waals surface area contributed by atoms with Crippen molar-refractivity contribution in [1.29, 1.82) is 0 Å². The molecular weight excluding hydrogens is 404 g/mol. The lowest BCUT2D eigenvalue weighted by molar-refractivity contribution is -0.124. The molecule has 1 aromatic heterocycles. The van der Waals surface area contributed by atoms with E-state index in [0.717, 1.165) is 5.56 Å². The quantitative estimate of drug-likeness (QED) is 0.539. The first-order valence-electron chi connectivity index (χ1n) is 9.90. The first-order chi connectivity index (χ1) is 14.4. The van der Waals surface area contributed by atoms with Crippen LogP contribution in [0.1, 0.15) is 42.6 Å². The molecule has 1 aromatic carbocycles. The first-order valence-corrected chi connectivity index (χ1v) is 10.3. The fourth-order valence-electron chi connectivity index (χ4n) is 2.73. The summed E-state index contributed by atoms with van der Waals surface area (Å²) >= 11 is 5.85. The first kappa shape index (κ1) is 23.3. The zero-order valence-corrected chi connectivity index (χ0v) is 17.9. The zero-order chi connectivity index (χ0) is 21.9. The van der Waals surface area contributed by atoms with Crippen LogP contribution in [-0.4, -0.2) is 35.3 Å². The summed E-state index contributed by atoms with van der Waals surface area (Å²) in [6.45, 7) is 4.44. The van der Waals surface area contributed by atoms with Gasteiger partial charge >= 0.3 is 0 Å². The zero-order valence-electron chi connectivity index (χ0n) is 17.2. The molecular formula is C22H27ClN4O3. The Morgan fingerprint density at radius 3 is 2.33 bits per heavy atom. The van der Waals surface area contributed by atoms with E-state index in [1.807, 2.05) is 26.0 Å². The van der Waals surface area contributed by atoms with Crippen LogP contribution in [0.25, 0.3) is 0 Å². The third-order valence-electron chi connectivity index (χ3n) is 4.78. The minimum atomic E-state index is -0.696. The number of nitrogens with zero attached hydrogens (tertiary/aromatic N) is 1. The fourth-order valence-corrected chi connectivity index (χ4v) is 2.85. The number of carbonyl (C=O) groups is 3. The molecule has 30 heavy (non-hydrogen) atoms. The predicted molar refractivity (Wildman–Crippen MR) is 116 cm³/mol. The maximum absolute atomic E-state index is 12.6. The Hall–Kier alpha value is -2.93. The minimum Gasteiger partial charge on any atom is -0.354 e. The molecule has 2 rings (SSSR count). The van der Waals surface area contributed by atoms with E-state index < -0.39 is 6.04 Å². The van der Waals surface area contributed by atoms with E-state index in [1.54, 1.807) is 36.7 Å². The lowest BCUT2D eigenvalue weighted by Gasteiger charge is -2.23. The van der Waals surface area contributed by atoms with Crippen LogP contribution < -0.4 is 16.0 Å². The van der Waals surface area contributed by atoms with Crippen molar-refractivity contribution in [1.82, 2.24) is 20.9 Å². The molecule has 1 heterocycles. The monoisotopic (exact) mass is 430 g/mol. The highest BCUT2D eigenvalue weighted by atomic mass is 35.5. The van der Waals surface area contributed by atoms with Crippen molar-refractivity contribution < 1.29 is 14.4 Å². The van der Waals surface area contributed by atoms with Gasteiger partial charge in [-0.1, -0.05) is 31.9 Å². The van der Waals surface area contributed by atoms with Gasteiger partial charge in [0.2, 0.25) is 11.8 Å². The van der Waals surface area contributed by atoms with Gasteiger partial charge in [0.1, 0.15) is 6.04 Å². The van der Waals surface area contributed by atoms with E-state index >= 15 is 0 Å². The lowest BCUT2D eigenvalue weighted by atomic mass is 9.97. The van der Waals surface area contributed by atoms with Crippen LogP contribution in [0, 0.1) is 5.92 Å². The highest BCUT2D eigenvalue weighted by Crippen LogP contribution is 2.12. The van der Waals surface area contributed by atoms with Crippen molar-refractivity contribution in [2.45, 2.75) is 39.3 Å². The average Bonchev–Trinajstić information content (AvgIpc) is 2.76. The van der Waals surface area contributed by atoms with Crippen molar-refractivity contribution in [2.75, 3.05) is 6.54 Å². The molecule has 160 valence electrons. The van der Waals surface area contributed by atoms with Crippen molar-refractivity contribution in [3.05, 3.63) is 64.9 Å². The molecule has 0 radical (unpaired) electrons. The van der Waals surface area contributed by atoms with Crippen LogP contribution in [0.15, 0.2) is 48.8 Å². The predicted octanol–water partition coefficient (Wildman–Crippen LogP) is 2.70. The SMILES string of the molecule is CCC(C)C(NC(=O)c1ccc(Cl)cc1)C(=O)NCCC(=O)NCc1ccncc1. The van der Waals surface area contributed by atoms with Crippen LogP contribution in [0.4, 0.5) is 0 Å². The Morgan fingerprint density at radius 2 is 1.70 bits per heavy atom. The van der Waals surface area contributed by atoms with Gasteiger partial charge in [-0.25, -0.2) is 0 Å². The van der Waals surface area contributed by atoms with E-state index in [9.17, 15) is 14.4 Å². The molecule has 2 unspecified atom stereocenters. The smallest absolute Gasteiger partial charge is 0.251 e. The second kappa shape index (κ2) is 11.9. The number of aromatic nitrogens is 1. The van der Waals surface area contributed by atoms with Crippen LogP contribution in [-0.2, 0) is 16.1 Å². The van der Waals surface area contributed by atoms with E-state index in [2.05, 4.69) is 20.9 Å². The number of halogens is 1. The normalized spacial score (nSPS) is 12.5. The minimum absolute atomic E-state index is 0.0678. The average molecular weight is 431 g/mol. The number of hydrogen-bond acceptors (Lipinski definition) is 4. The Morgan fingerprint density at radius 1 is 1.03 bits per heavy atom. The fraction of sp³-hybridized carbons (Fsp3) is 0.364. The van der Waals surface area contributed by atoms with Gasteiger partial charge < -0.3 is 16.0 Å². The number of pyridine rings is 1. The summed E-state index contributed by atoms with van der Waals surface area (Å²) in [6, 6.07) is 9.41. The Bertz CT molecular complexity index is 843. The van der Waals surface area contributed by atoms with Gasteiger partial charge in [0.25, 0.3) is 5.91 Å². The van der Waals surface area contributed by atoms with Crippen LogP contribution in [0.5, 0.6) is 0 Å². The number of hydrogen-bond donors (Lipinski definition) is 3. The van der Waals surface area contributed by atoms with E-state index in [-0.39, 0.29) is 36.6 Å². The van der Waals surface area contributed by atoms with Gasteiger partial charge in [0.15, 0.2) is 0 Å². The maximum atomic E-state index is 12.6. The summed E-state index contributed by atoms with van der Waals surface area (Å²) in [5, 5.41) is 8.86. The number of nitrogens with one attached hydrogen (secondary N) is 3. The number of amides is 3. The molecule has 0 fully saturated rings. The van der Waals surface area contributed by atoms with E-state index in [4.69, 9.17) is 11.6 Å². The van der Waals surface area contributed by atoms with Crippen LogP contribution in [0.2, 0.25) is 5.02 Å². The molecule has 0 saturated heterocycles. The third kappa shape index (κ3) is 7.48. The van der Waals surface area contributed by atoms with Crippen molar-refractivity contribution >= 4 is 29.3 Å². The molecule has 2 atom stereocenters. The van der Waals surface area contributed by atoms with Crippen LogP contribution >= 0.6 is 11.6 Å². The van der Waals surface area contributed by atoms with Gasteiger partial charge in [-0.05, 0) is 47.9 Å². The van der Waals surface area contributed by atoms with Crippen LogP contribution in [0.3, 0.4) is 0 Å². The molecule has 0 aliphatic heterocycles. The molecule has 0 aliphatic rings. The lowest BCUT2D eigenvalue weighted by Crippen LogP contribution is -2.50. The van der Waals surface area contributed by atoms with Crippen molar-refractivity contribution in [3.63, 3.8) is 0 Å². The summed E-state index contributed by atoms with van der Waals surface area (Å²) in [6.07, 6.45) is 4.19. The topological polar surface area (TPSA) is 100 Å². The summed E-state index contributed by atoms with van der Waals surface area (Å²) < 4.78 is 0. The maximum Gasteiger partial charge on any atom is 0.251 e. The third-order valence-corrected chi connectivity index (χ3v) is 5.03. The van der Waals surface area contributed by atoms with E-state index in [1.165, 1.54) is 0 Å².